The van der Waals surface area contributed by atoms with Gasteiger partial charge in [0.05, 0.1) is 0 Å². The normalized spacial score (nSPS) is 11.9. The molecule has 0 amide bonds. The topological polar surface area (TPSA) is 16.4 Å². The second kappa shape index (κ2) is 12.4. The van der Waals surface area contributed by atoms with Crippen molar-refractivity contribution in [2.24, 2.45) is 0 Å². The molecule has 0 unspecified atom stereocenters. The monoisotopic (exact) mass is 749 g/mol. The molecule has 9 aromatic carbocycles. The van der Waals surface area contributed by atoms with Crippen molar-refractivity contribution < 1.29 is 4.42 Å². The number of benzene rings is 9. The molecule has 0 aliphatic carbocycles. The molecule has 12 aromatic rings. The fraction of sp³-hybridized carbons (Fsp3) is 0. The Morgan fingerprint density at radius 3 is 1.41 bits per heavy atom. The van der Waals surface area contributed by atoms with E-state index in [0.717, 1.165) is 55.9 Å². The third-order valence-corrected chi connectivity index (χ3v) is 13.5. The summed E-state index contributed by atoms with van der Waals surface area (Å²) in [7, 11) is 0. The first-order chi connectivity index (χ1) is 27.8. The van der Waals surface area contributed by atoms with Crippen molar-refractivity contribution in [3.05, 3.63) is 188 Å². The van der Waals surface area contributed by atoms with E-state index in [0.29, 0.717) is 0 Å². The molecule has 0 aliphatic rings. The molecule has 0 fully saturated rings. The minimum absolute atomic E-state index is 0.886. The van der Waals surface area contributed by atoms with Crippen LogP contribution in [0.2, 0.25) is 0 Å². The van der Waals surface area contributed by atoms with Crippen molar-refractivity contribution >= 4 is 113 Å². The first-order valence-corrected chi connectivity index (χ1v) is 20.5. The Hall–Kier alpha value is -6.72. The lowest BCUT2D eigenvalue weighted by molar-refractivity contribution is 0.636. The minimum Gasteiger partial charge on any atom is -0.455 e. The maximum atomic E-state index is 7.00. The lowest BCUT2D eigenvalue weighted by Crippen LogP contribution is -2.09. The summed E-state index contributed by atoms with van der Waals surface area (Å²) in [5.41, 5.74) is 7.58. The molecule has 0 N–H and O–H groups in total. The first kappa shape index (κ1) is 31.6. The summed E-state index contributed by atoms with van der Waals surface area (Å²) in [6, 6.07) is 68.3. The van der Waals surface area contributed by atoms with E-state index in [2.05, 4.69) is 193 Å². The van der Waals surface area contributed by atoms with Crippen LogP contribution >= 0.6 is 22.7 Å². The predicted molar refractivity (Wildman–Crippen MR) is 243 cm³/mol. The molecule has 4 heteroatoms. The van der Waals surface area contributed by atoms with Gasteiger partial charge in [-0.25, -0.2) is 0 Å². The highest BCUT2D eigenvalue weighted by Gasteiger charge is 2.23. The van der Waals surface area contributed by atoms with Crippen molar-refractivity contribution in [2.45, 2.75) is 0 Å². The number of anilines is 3. The summed E-state index contributed by atoms with van der Waals surface area (Å²) in [4.78, 5) is 2.41. The van der Waals surface area contributed by atoms with E-state index < -0.39 is 0 Å². The molecule has 0 bridgehead atoms. The van der Waals surface area contributed by atoms with Crippen LogP contribution in [-0.2, 0) is 0 Å². The summed E-state index contributed by atoms with van der Waals surface area (Å²) < 4.78 is 12.2. The van der Waals surface area contributed by atoms with Gasteiger partial charge >= 0.3 is 0 Å². The molecule has 2 nitrogen and oxygen atoms in total. The van der Waals surface area contributed by atoms with Gasteiger partial charge < -0.3 is 9.32 Å². The van der Waals surface area contributed by atoms with Crippen molar-refractivity contribution in [3.8, 4) is 22.5 Å². The van der Waals surface area contributed by atoms with Crippen LogP contribution in [0.15, 0.2) is 192 Å². The van der Waals surface area contributed by atoms with E-state index in [1.165, 1.54) is 56.5 Å². The number of fused-ring (bicyclic) bond motifs is 12. The highest BCUT2D eigenvalue weighted by Crippen LogP contribution is 2.49. The van der Waals surface area contributed by atoms with E-state index in [9.17, 15) is 0 Å². The second-order valence-corrected chi connectivity index (χ2v) is 16.6. The number of hydrogen-bond acceptors (Lipinski definition) is 4. The average Bonchev–Trinajstić information content (AvgIpc) is 3.96. The van der Waals surface area contributed by atoms with Crippen LogP contribution in [0.25, 0.3) is 95.3 Å². The smallest absolute Gasteiger partial charge is 0.143 e. The predicted octanol–water partition coefficient (Wildman–Crippen LogP) is 16.3. The lowest BCUT2D eigenvalue weighted by Gasteiger charge is -2.26. The summed E-state index contributed by atoms with van der Waals surface area (Å²) in [5, 5.41) is 11.1. The third kappa shape index (κ3) is 4.80. The average molecular weight is 750 g/mol. The number of rotatable bonds is 5. The van der Waals surface area contributed by atoms with Crippen molar-refractivity contribution in [3.63, 3.8) is 0 Å². The summed E-state index contributed by atoms with van der Waals surface area (Å²) in [6.07, 6.45) is 0. The minimum atomic E-state index is 0.886. The molecule has 0 spiro atoms. The fourth-order valence-electron chi connectivity index (χ4n) is 8.73. The van der Waals surface area contributed by atoms with E-state index in [-0.39, 0.29) is 0 Å². The van der Waals surface area contributed by atoms with Gasteiger partial charge in [-0.2, -0.15) is 0 Å². The van der Waals surface area contributed by atoms with Gasteiger partial charge in [0.2, 0.25) is 0 Å². The number of furan rings is 1. The molecule has 0 saturated carbocycles. The van der Waals surface area contributed by atoms with Crippen molar-refractivity contribution in [1.29, 1.82) is 0 Å². The summed E-state index contributed by atoms with van der Waals surface area (Å²) in [6.45, 7) is 0. The zero-order valence-electron chi connectivity index (χ0n) is 30.1. The quantitative estimate of drug-likeness (QED) is 0.163. The van der Waals surface area contributed by atoms with Crippen LogP contribution in [0.5, 0.6) is 0 Å². The SMILES string of the molecule is c1ccc(-c2oc3c4ccccc4c4ccccc4c3c2-c2ccc(N(c3ccc4c(c3)sc3ccccc34)c3ccc4c(c3)sc3ccccc34)cc2)cc1. The lowest BCUT2D eigenvalue weighted by atomic mass is 9.92. The second-order valence-electron chi connectivity index (χ2n) is 14.4. The van der Waals surface area contributed by atoms with E-state index in [4.69, 9.17) is 4.42 Å². The molecule has 262 valence electrons. The third-order valence-electron chi connectivity index (χ3n) is 11.3. The van der Waals surface area contributed by atoms with E-state index in [1.807, 2.05) is 22.7 Å². The van der Waals surface area contributed by atoms with Crippen molar-refractivity contribution in [1.82, 2.24) is 0 Å². The zero-order valence-corrected chi connectivity index (χ0v) is 31.7. The number of nitrogens with zero attached hydrogens (tertiary/aromatic N) is 1. The first-order valence-electron chi connectivity index (χ1n) is 18.9. The molecule has 3 heterocycles. The molecule has 0 saturated heterocycles. The molecule has 12 rings (SSSR count). The summed E-state index contributed by atoms with van der Waals surface area (Å²) >= 11 is 3.71. The van der Waals surface area contributed by atoms with Gasteiger partial charge in [0.1, 0.15) is 11.3 Å². The molecule has 56 heavy (non-hydrogen) atoms. The van der Waals surface area contributed by atoms with E-state index >= 15 is 0 Å². The maximum absolute atomic E-state index is 7.00. The van der Waals surface area contributed by atoms with Crippen LogP contribution in [0, 0.1) is 0 Å². The number of thiophene rings is 2. The summed E-state index contributed by atoms with van der Waals surface area (Å²) in [5.74, 6) is 0.886. The molecular formula is C52H31NOS2. The van der Waals surface area contributed by atoms with Gasteiger partial charge in [-0.3, -0.25) is 0 Å². The number of hydrogen-bond donors (Lipinski definition) is 0. The molecule has 0 atom stereocenters. The Balaban J connectivity index is 1.08. The van der Waals surface area contributed by atoms with Crippen molar-refractivity contribution in [2.75, 3.05) is 4.90 Å². The largest absolute Gasteiger partial charge is 0.455 e. The van der Waals surface area contributed by atoms with Crippen LogP contribution in [-0.4, -0.2) is 0 Å². The fourth-order valence-corrected chi connectivity index (χ4v) is 11.0. The van der Waals surface area contributed by atoms with Gasteiger partial charge in [-0.1, -0.05) is 140 Å². The van der Waals surface area contributed by atoms with Gasteiger partial charge in [-0.05, 0) is 70.3 Å². The molecule has 0 aliphatic heterocycles. The Labute approximate surface area is 330 Å². The van der Waals surface area contributed by atoms with Gasteiger partial charge in [0.25, 0.3) is 0 Å². The van der Waals surface area contributed by atoms with Gasteiger partial charge in [0, 0.05) is 79.3 Å². The zero-order chi connectivity index (χ0) is 36.7. The molecule has 0 radical (unpaired) electrons. The molecular weight excluding hydrogens is 719 g/mol. The van der Waals surface area contributed by atoms with Crippen LogP contribution in [0.4, 0.5) is 17.1 Å². The highest BCUT2D eigenvalue weighted by molar-refractivity contribution is 7.26. The van der Waals surface area contributed by atoms with Gasteiger partial charge in [0.15, 0.2) is 0 Å². The highest BCUT2D eigenvalue weighted by atomic mass is 32.1. The Bertz CT molecular complexity index is 3370. The van der Waals surface area contributed by atoms with Crippen LogP contribution < -0.4 is 4.90 Å². The Kier molecular flexibility index (Phi) is 7.00. The standard InChI is InChI=1S/C52H31NOS2/c1-2-12-33(13-3-1)51-49(50-43-18-6-4-14-37(43)38-15-5-7-19-44(38)52(50)54-51)32-22-24-34(25-23-32)53(35-26-28-41-39-16-8-10-20-45(39)55-47(41)30-35)36-27-29-42-40-17-9-11-21-46(40)56-48(42)31-36/h1-31H. The Morgan fingerprint density at radius 1 is 0.339 bits per heavy atom. The van der Waals surface area contributed by atoms with Gasteiger partial charge in [-0.15, -0.1) is 22.7 Å². The van der Waals surface area contributed by atoms with Crippen LogP contribution in [0.1, 0.15) is 0 Å². The Morgan fingerprint density at radius 2 is 0.804 bits per heavy atom. The molecule has 3 aromatic heterocycles. The van der Waals surface area contributed by atoms with E-state index in [1.54, 1.807) is 0 Å². The van der Waals surface area contributed by atoms with Crippen LogP contribution in [0.3, 0.4) is 0 Å². The maximum Gasteiger partial charge on any atom is 0.143 e.